The van der Waals surface area contributed by atoms with E-state index in [0.29, 0.717) is 6.04 Å². The molecule has 2 rings (SSSR count). The summed E-state index contributed by atoms with van der Waals surface area (Å²) in [7, 11) is 0. The highest BCUT2D eigenvalue weighted by Gasteiger charge is 2.19. The van der Waals surface area contributed by atoms with Crippen LogP contribution in [-0.2, 0) is 6.42 Å². The second-order valence-electron chi connectivity index (χ2n) is 4.16. The molecule has 0 bridgehead atoms. The maximum Gasteiger partial charge on any atom is 0.125 e. The van der Waals surface area contributed by atoms with Gasteiger partial charge in [-0.3, -0.25) is 0 Å². The van der Waals surface area contributed by atoms with Crippen LogP contribution in [0.4, 0.5) is 10.1 Å². The minimum absolute atomic E-state index is 0.128. The fourth-order valence-corrected chi connectivity index (χ4v) is 2.11. The van der Waals surface area contributed by atoms with Gasteiger partial charge < -0.3 is 4.90 Å². The highest BCUT2D eigenvalue weighted by Crippen LogP contribution is 2.29. The highest BCUT2D eigenvalue weighted by atomic mass is 19.1. The number of halogens is 1. The predicted molar refractivity (Wildman–Crippen MR) is 57.2 cm³/mol. The summed E-state index contributed by atoms with van der Waals surface area (Å²) in [4.78, 5) is 2.28. The molecular weight excluding hydrogens is 177 g/mol. The molecule has 0 atom stereocenters. The molecule has 1 aromatic carbocycles. The number of aryl methyl sites for hydroxylation is 1. The van der Waals surface area contributed by atoms with Gasteiger partial charge in [0.25, 0.3) is 0 Å². The average Bonchev–Trinajstić information content (AvgIpc) is 2.16. The van der Waals surface area contributed by atoms with E-state index in [1.807, 2.05) is 6.07 Å². The molecule has 1 aromatic rings. The zero-order chi connectivity index (χ0) is 10.1. The fraction of sp³-hybridized carbons (Fsp3) is 0.500. The van der Waals surface area contributed by atoms with E-state index < -0.39 is 0 Å². The topological polar surface area (TPSA) is 3.24 Å². The van der Waals surface area contributed by atoms with Crippen molar-refractivity contribution in [3.63, 3.8) is 0 Å². The molecule has 76 valence electrons. The molecule has 0 amide bonds. The van der Waals surface area contributed by atoms with E-state index in [0.717, 1.165) is 18.7 Å². The van der Waals surface area contributed by atoms with Gasteiger partial charge in [-0.1, -0.05) is 6.07 Å². The van der Waals surface area contributed by atoms with Crippen molar-refractivity contribution >= 4 is 5.69 Å². The van der Waals surface area contributed by atoms with Crippen LogP contribution in [0.3, 0.4) is 0 Å². The standard InChI is InChI=1S/C12H16FN/c1-9(2)14-7-3-4-10-5-6-11(13)8-12(10)14/h5-6,8-9H,3-4,7H2,1-2H3. The summed E-state index contributed by atoms with van der Waals surface area (Å²) in [6.07, 6.45) is 2.26. The van der Waals surface area contributed by atoms with Gasteiger partial charge in [0, 0.05) is 18.3 Å². The summed E-state index contributed by atoms with van der Waals surface area (Å²) < 4.78 is 13.1. The zero-order valence-electron chi connectivity index (χ0n) is 8.76. The Hall–Kier alpha value is -1.05. The van der Waals surface area contributed by atoms with Gasteiger partial charge in [0.1, 0.15) is 5.82 Å². The van der Waals surface area contributed by atoms with Crippen molar-refractivity contribution in [3.05, 3.63) is 29.6 Å². The van der Waals surface area contributed by atoms with Crippen LogP contribution in [0.25, 0.3) is 0 Å². The first-order chi connectivity index (χ1) is 6.68. The number of benzene rings is 1. The molecule has 0 saturated heterocycles. The molecule has 0 spiro atoms. The van der Waals surface area contributed by atoms with Gasteiger partial charge in [-0.2, -0.15) is 0 Å². The molecule has 1 aliphatic heterocycles. The first-order valence-electron chi connectivity index (χ1n) is 5.23. The lowest BCUT2D eigenvalue weighted by atomic mass is 10.0. The monoisotopic (exact) mass is 193 g/mol. The summed E-state index contributed by atoms with van der Waals surface area (Å²) in [6, 6.07) is 5.59. The Labute approximate surface area is 84.5 Å². The maximum atomic E-state index is 13.1. The van der Waals surface area contributed by atoms with Crippen molar-refractivity contribution in [1.29, 1.82) is 0 Å². The van der Waals surface area contributed by atoms with Crippen LogP contribution in [0.1, 0.15) is 25.8 Å². The second kappa shape index (κ2) is 3.60. The van der Waals surface area contributed by atoms with Crippen molar-refractivity contribution in [3.8, 4) is 0 Å². The molecule has 1 aliphatic rings. The molecular formula is C12H16FN. The van der Waals surface area contributed by atoms with Gasteiger partial charge in [-0.15, -0.1) is 0 Å². The van der Waals surface area contributed by atoms with Gasteiger partial charge in [0.05, 0.1) is 0 Å². The van der Waals surface area contributed by atoms with Crippen LogP contribution < -0.4 is 4.90 Å². The summed E-state index contributed by atoms with van der Waals surface area (Å²) in [5.41, 5.74) is 2.37. The first kappa shape index (κ1) is 9.50. The molecule has 0 radical (unpaired) electrons. The van der Waals surface area contributed by atoms with Crippen LogP contribution in [0, 0.1) is 5.82 Å². The van der Waals surface area contributed by atoms with E-state index in [4.69, 9.17) is 0 Å². The lowest BCUT2D eigenvalue weighted by Crippen LogP contribution is -2.35. The second-order valence-corrected chi connectivity index (χ2v) is 4.16. The molecule has 0 saturated carbocycles. The smallest absolute Gasteiger partial charge is 0.125 e. The Morgan fingerprint density at radius 3 is 2.86 bits per heavy atom. The minimum atomic E-state index is -0.128. The van der Waals surface area contributed by atoms with Gasteiger partial charge in [-0.05, 0) is 44.4 Å². The van der Waals surface area contributed by atoms with Crippen LogP contribution >= 0.6 is 0 Å². The lowest BCUT2D eigenvalue weighted by molar-refractivity contribution is 0.602. The van der Waals surface area contributed by atoms with Crippen LogP contribution in [0.5, 0.6) is 0 Å². The largest absolute Gasteiger partial charge is 0.369 e. The molecule has 0 N–H and O–H groups in total. The van der Waals surface area contributed by atoms with Gasteiger partial charge >= 0.3 is 0 Å². The molecule has 2 heteroatoms. The summed E-state index contributed by atoms with van der Waals surface area (Å²) in [5, 5.41) is 0. The van der Waals surface area contributed by atoms with E-state index in [9.17, 15) is 4.39 Å². The van der Waals surface area contributed by atoms with Gasteiger partial charge in [-0.25, -0.2) is 4.39 Å². The Morgan fingerprint density at radius 1 is 1.36 bits per heavy atom. The third kappa shape index (κ3) is 1.61. The predicted octanol–water partition coefficient (Wildman–Crippen LogP) is 2.99. The van der Waals surface area contributed by atoms with Crippen molar-refractivity contribution < 1.29 is 4.39 Å². The molecule has 0 aromatic heterocycles. The molecule has 0 unspecified atom stereocenters. The van der Waals surface area contributed by atoms with Crippen LogP contribution in [0.15, 0.2) is 18.2 Å². The maximum absolute atomic E-state index is 13.1. The SMILES string of the molecule is CC(C)N1CCCc2ccc(F)cc21. The third-order valence-electron chi connectivity index (χ3n) is 2.83. The Balaban J connectivity index is 2.41. The number of nitrogens with zero attached hydrogens (tertiary/aromatic N) is 1. The van der Waals surface area contributed by atoms with Crippen molar-refractivity contribution in [2.24, 2.45) is 0 Å². The van der Waals surface area contributed by atoms with Crippen LogP contribution in [-0.4, -0.2) is 12.6 Å². The quantitative estimate of drug-likeness (QED) is 0.662. The van der Waals surface area contributed by atoms with Gasteiger partial charge in [0.2, 0.25) is 0 Å². The van der Waals surface area contributed by atoms with E-state index in [1.165, 1.54) is 12.0 Å². The molecule has 1 heterocycles. The zero-order valence-corrected chi connectivity index (χ0v) is 8.76. The number of hydrogen-bond acceptors (Lipinski definition) is 1. The van der Waals surface area contributed by atoms with Crippen LogP contribution in [0.2, 0.25) is 0 Å². The average molecular weight is 193 g/mol. The van der Waals surface area contributed by atoms with Crippen molar-refractivity contribution in [1.82, 2.24) is 0 Å². The molecule has 1 nitrogen and oxygen atoms in total. The number of fused-ring (bicyclic) bond motifs is 1. The fourth-order valence-electron chi connectivity index (χ4n) is 2.11. The highest BCUT2D eigenvalue weighted by molar-refractivity contribution is 5.56. The Bertz CT molecular complexity index is 333. The number of anilines is 1. The normalized spacial score (nSPS) is 15.9. The van der Waals surface area contributed by atoms with E-state index in [-0.39, 0.29) is 5.82 Å². The lowest BCUT2D eigenvalue weighted by Gasteiger charge is -2.34. The molecule has 0 aliphatic carbocycles. The summed E-state index contributed by atoms with van der Waals surface area (Å²) in [5.74, 6) is -0.128. The Morgan fingerprint density at radius 2 is 2.14 bits per heavy atom. The summed E-state index contributed by atoms with van der Waals surface area (Å²) >= 11 is 0. The molecule has 0 fully saturated rings. The van der Waals surface area contributed by atoms with Crippen molar-refractivity contribution in [2.45, 2.75) is 32.7 Å². The molecule has 14 heavy (non-hydrogen) atoms. The first-order valence-corrected chi connectivity index (χ1v) is 5.23. The third-order valence-corrected chi connectivity index (χ3v) is 2.83. The van der Waals surface area contributed by atoms with Crippen molar-refractivity contribution in [2.75, 3.05) is 11.4 Å². The number of rotatable bonds is 1. The van der Waals surface area contributed by atoms with Gasteiger partial charge in [0.15, 0.2) is 0 Å². The Kier molecular flexibility index (Phi) is 2.44. The van der Waals surface area contributed by atoms with E-state index in [2.05, 4.69) is 18.7 Å². The minimum Gasteiger partial charge on any atom is -0.369 e. The summed E-state index contributed by atoms with van der Waals surface area (Å²) in [6.45, 7) is 5.36. The van der Waals surface area contributed by atoms with E-state index >= 15 is 0 Å². The number of hydrogen-bond donors (Lipinski definition) is 0. The van der Waals surface area contributed by atoms with E-state index in [1.54, 1.807) is 12.1 Å².